The second-order valence-electron chi connectivity index (χ2n) is 4.77. The fourth-order valence-electron chi connectivity index (χ4n) is 2.15. The molecule has 0 spiro atoms. The lowest BCUT2D eigenvalue weighted by atomic mass is 10.1. The van der Waals surface area contributed by atoms with Gasteiger partial charge in [0.25, 0.3) is 0 Å². The SMILES string of the molecule is O=C(O)c1ccc(C(=O)/C=C/c2ccc3ccccc3c2)s1. The van der Waals surface area contributed by atoms with Gasteiger partial charge in [-0.2, -0.15) is 0 Å². The third-order valence-electron chi connectivity index (χ3n) is 3.26. The van der Waals surface area contributed by atoms with Crippen molar-refractivity contribution < 1.29 is 14.7 Å². The molecule has 0 radical (unpaired) electrons. The first kappa shape index (κ1) is 14.2. The van der Waals surface area contributed by atoms with E-state index in [1.165, 1.54) is 12.1 Å². The standard InChI is InChI=1S/C18H12O3S/c19-15(16-9-10-17(22-16)18(20)21)8-6-12-5-7-13-3-1-2-4-14(13)11-12/h1-11H,(H,20,21)/b8-6+. The monoisotopic (exact) mass is 308 g/mol. The molecule has 4 heteroatoms. The Labute approximate surface area is 131 Å². The smallest absolute Gasteiger partial charge is 0.345 e. The van der Waals surface area contributed by atoms with Gasteiger partial charge in [0.1, 0.15) is 4.88 Å². The third kappa shape index (κ3) is 2.97. The van der Waals surface area contributed by atoms with Gasteiger partial charge in [-0.15, -0.1) is 11.3 Å². The van der Waals surface area contributed by atoms with Crippen LogP contribution in [0.3, 0.4) is 0 Å². The van der Waals surface area contributed by atoms with E-state index in [1.807, 2.05) is 42.5 Å². The van der Waals surface area contributed by atoms with Crippen molar-refractivity contribution in [3.8, 4) is 0 Å². The van der Waals surface area contributed by atoms with E-state index in [4.69, 9.17) is 5.11 Å². The molecule has 22 heavy (non-hydrogen) atoms. The van der Waals surface area contributed by atoms with Crippen LogP contribution in [0.15, 0.2) is 60.7 Å². The molecule has 3 rings (SSSR count). The summed E-state index contributed by atoms with van der Waals surface area (Å²) in [5.41, 5.74) is 0.932. The van der Waals surface area contributed by atoms with Crippen LogP contribution < -0.4 is 0 Å². The number of allylic oxidation sites excluding steroid dienone is 1. The van der Waals surface area contributed by atoms with Crippen molar-refractivity contribution in [1.29, 1.82) is 0 Å². The number of aromatic carboxylic acids is 1. The van der Waals surface area contributed by atoms with Crippen molar-refractivity contribution in [2.45, 2.75) is 0 Å². The van der Waals surface area contributed by atoms with Crippen LogP contribution in [0.4, 0.5) is 0 Å². The van der Waals surface area contributed by atoms with Gasteiger partial charge >= 0.3 is 5.97 Å². The quantitative estimate of drug-likeness (QED) is 0.570. The number of hydrogen-bond donors (Lipinski definition) is 1. The summed E-state index contributed by atoms with van der Waals surface area (Å²) in [6.45, 7) is 0. The number of thiophene rings is 1. The highest BCUT2D eigenvalue weighted by Crippen LogP contribution is 2.19. The number of carbonyl (C=O) groups is 2. The Morgan fingerprint density at radius 1 is 0.909 bits per heavy atom. The molecule has 1 N–H and O–H groups in total. The summed E-state index contributed by atoms with van der Waals surface area (Å²) in [6, 6.07) is 17.0. The maximum atomic E-state index is 12.0. The van der Waals surface area contributed by atoms with Gasteiger partial charge in [0.05, 0.1) is 4.88 Å². The molecular formula is C18H12O3S. The molecule has 3 nitrogen and oxygen atoms in total. The Balaban J connectivity index is 1.82. The minimum absolute atomic E-state index is 0.169. The lowest BCUT2D eigenvalue weighted by Crippen LogP contribution is -1.91. The predicted octanol–water partition coefficient (Wildman–Crippen LogP) is 4.50. The van der Waals surface area contributed by atoms with Gasteiger partial charge in [0.2, 0.25) is 0 Å². The van der Waals surface area contributed by atoms with E-state index in [2.05, 4.69) is 0 Å². The van der Waals surface area contributed by atoms with E-state index < -0.39 is 5.97 Å². The lowest BCUT2D eigenvalue weighted by Gasteiger charge is -1.98. The van der Waals surface area contributed by atoms with Gasteiger partial charge in [-0.1, -0.05) is 42.5 Å². The Morgan fingerprint density at radius 2 is 1.64 bits per heavy atom. The highest BCUT2D eigenvalue weighted by Gasteiger charge is 2.10. The van der Waals surface area contributed by atoms with E-state index in [9.17, 15) is 9.59 Å². The van der Waals surface area contributed by atoms with Crippen molar-refractivity contribution in [3.05, 3.63) is 76.0 Å². The summed E-state index contributed by atoms with van der Waals surface area (Å²) in [6.07, 6.45) is 3.22. The van der Waals surface area contributed by atoms with Crippen LogP contribution in [0.2, 0.25) is 0 Å². The van der Waals surface area contributed by atoms with Crippen LogP contribution in [-0.2, 0) is 0 Å². The molecule has 1 aromatic heterocycles. The van der Waals surface area contributed by atoms with Crippen LogP contribution in [0, 0.1) is 0 Å². The summed E-state index contributed by atoms with van der Waals surface area (Å²) in [7, 11) is 0. The summed E-state index contributed by atoms with van der Waals surface area (Å²) < 4.78 is 0. The molecule has 0 aliphatic heterocycles. The molecule has 2 aromatic carbocycles. The molecule has 0 aliphatic carbocycles. The Kier molecular flexibility index (Phi) is 3.85. The fraction of sp³-hybridized carbons (Fsp3) is 0. The number of carboxylic acid groups (broad SMARTS) is 1. The van der Waals surface area contributed by atoms with Crippen molar-refractivity contribution in [1.82, 2.24) is 0 Å². The Morgan fingerprint density at radius 3 is 2.36 bits per heavy atom. The average molecular weight is 308 g/mol. The third-order valence-corrected chi connectivity index (χ3v) is 4.35. The highest BCUT2D eigenvalue weighted by molar-refractivity contribution is 7.16. The maximum Gasteiger partial charge on any atom is 0.345 e. The zero-order valence-corrected chi connectivity index (χ0v) is 12.3. The topological polar surface area (TPSA) is 54.4 Å². The largest absolute Gasteiger partial charge is 0.477 e. The van der Waals surface area contributed by atoms with Gasteiger partial charge in [-0.25, -0.2) is 4.79 Å². The molecule has 0 atom stereocenters. The van der Waals surface area contributed by atoms with E-state index in [0.29, 0.717) is 4.88 Å². The molecule has 0 aliphatic rings. The molecule has 0 saturated carbocycles. The fourth-order valence-corrected chi connectivity index (χ4v) is 2.92. The van der Waals surface area contributed by atoms with Gasteiger partial charge < -0.3 is 5.11 Å². The van der Waals surface area contributed by atoms with Crippen molar-refractivity contribution in [2.75, 3.05) is 0 Å². The van der Waals surface area contributed by atoms with Crippen molar-refractivity contribution >= 4 is 39.9 Å². The molecule has 0 bridgehead atoms. The minimum Gasteiger partial charge on any atom is -0.477 e. The maximum absolute atomic E-state index is 12.0. The van der Waals surface area contributed by atoms with E-state index in [1.54, 1.807) is 12.1 Å². The van der Waals surface area contributed by atoms with E-state index >= 15 is 0 Å². The first-order valence-electron chi connectivity index (χ1n) is 6.68. The molecule has 1 heterocycles. The Bertz CT molecular complexity index is 890. The second kappa shape index (κ2) is 5.95. The molecule has 0 amide bonds. The molecule has 0 saturated heterocycles. The first-order chi connectivity index (χ1) is 10.6. The molecule has 0 fully saturated rings. The van der Waals surface area contributed by atoms with Gasteiger partial charge in [-0.3, -0.25) is 4.79 Å². The predicted molar refractivity (Wildman–Crippen MR) is 88.6 cm³/mol. The summed E-state index contributed by atoms with van der Waals surface area (Å²) >= 11 is 0.986. The van der Waals surface area contributed by atoms with E-state index in [0.717, 1.165) is 27.7 Å². The average Bonchev–Trinajstić information content (AvgIpc) is 3.03. The number of carboxylic acids is 1. The van der Waals surface area contributed by atoms with E-state index in [-0.39, 0.29) is 10.7 Å². The summed E-state index contributed by atoms with van der Waals surface area (Å²) in [5.74, 6) is -1.20. The normalized spacial score (nSPS) is 11.1. The summed E-state index contributed by atoms with van der Waals surface area (Å²) in [5, 5.41) is 11.1. The molecule has 108 valence electrons. The van der Waals surface area contributed by atoms with Crippen LogP contribution in [0.25, 0.3) is 16.8 Å². The van der Waals surface area contributed by atoms with Crippen molar-refractivity contribution in [3.63, 3.8) is 0 Å². The zero-order valence-electron chi connectivity index (χ0n) is 11.5. The number of benzene rings is 2. The minimum atomic E-state index is -1.01. The van der Waals surface area contributed by atoms with Gasteiger partial charge in [0.15, 0.2) is 5.78 Å². The molecule has 0 unspecified atom stereocenters. The number of hydrogen-bond acceptors (Lipinski definition) is 3. The van der Waals surface area contributed by atoms with Crippen LogP contribution in [-0.4, -0.2) is 16.9 Å². The lowest BCUT2D eigenvalue weighted by molar-refractivity contribution is 0.0702. The number of carbonyl (C=O) groups excluding carboxylic acids is 1. The van der Waals surface area contributed by atoms with Gasteiger partial charge in [-0.05, 0) is 40.6 Å². The first-order valence-corrected chi connectivity index (χ1v) is 7.49. The van der Waals surface area contributed by atoms with Gasteiger partial charge in [0, 0.05) is 0 Å². The van der Waals surface area contributed by atoms with Crippen LogP contribution in [0.1, 0.15) is 24.9 Å². The number of rotatable bonds is 4. The van der Waals surface area contributed by atoms with Crippen molar-refractivity contribution in [2.24, 2.45) is 0 Å². The highest BCUT2D eigenvalue weighted by atomic mass is 32.1. The number of ketones is 1. The van der Waals surface area contributed by atoms with Crippen LogP contribution in [0.5, 0.6) is 0 Å². The zero-order chi connectivity index (χ0) is 15.5. The second-order valence-corrected chi connectivity index (χ2v) is 5.86. The Hall–Kier alpha value is -2.72. The molecular weight excluding hydrogens is 296 g/mol. The molecule has 3 aromatic rings. The van der Waals surface area contributed by atoms with Crippen LogP contribution >= 0.6 is 11.3 Å². The summed E-state index contributed by atoms with van der Waals surface area (Å²) in [4.78, 5) is 23.5. The number of fused-ring (bicyclic) bond motifs is 1.